The van der Waals surface area contributed by atoms with Crippen LogP contribution in [0.5, 0.6) is 11.9 Å². The maximum Gasteiger partial charge on any atom is 0.410 e. The first kappa shape index (κ1) is 47.2. The van der Waals surface area contributed by atoms with E-state index in [1.807, 2.05) is 36.4 Å². The van der Waals surface area contributed by atoms with Crippen LogP contribution in [0.2, 0.25) is 23.2 Å². The Hall–Kier alpha value is -3.83. The average Bonchev–Trinajstić information content (AvgIpc) is 3.91. The van der Waals surface area contributed by atoms with Crippen LogP contribution in [0.25, 0.3) is 33.1 Å². The minimum absolute atomic E-state index is 0.0198. The zero-order valence-corrected chi connectivity index (χ0v) is 42.4. The first-order chi connectivity index (χ1) is 31.2. The van der Waals surface area contributed by atoms with Crippen molar-refractivity contribution in [3.63, 3.8) is 0 Å². The van der Waals surface area contributed by atoms with E-state index in [1.54, 1.807) is 13.3 Å². The lowest BCUT2D eigenvalue weighted by Gasteiger charge is -2.46. The summed E-state index contributed by atoms with van der Waals surface area (Å²) in [6, 6.07) is 1.90. The van der Waals surface area contributed by atoms with Gasteiger partial charge in [-0.15, -0.1) is 0 Å². The topological polar surface area (TPSA) is 135 Å². The van der Waals surface area contributed by atoms with Gasteiger partial charge in [0.2, 0.25) is 5.88 Å². The molecule has 5 aliphatic rings. The van der Waals surface area contributed by atoms with Gasteiger partial charge in [0.1, 0.15) is 28.0 Å². The molecule has 6 heterocycles. The highest BCUT2D eigenvalue weighted by atomic mass is 35.5. The highest BCUT2D eigenvalue weighted by Crippen LogP contribution is 2.53. The van der Waals surface area contributed by atoms with E-state index in [0.29, 0.717) is 61.2 Å². The van der Waals surface area contributed by atoms with Crippen molar-refractivity contribution in [2.45, 2.75) is 160 Å². The third kappa shape index (κ3) is 8.98. The molecule has 66 heavy (non-hydrogen) atoms. The minimum atomic E-state index is -2.30. The second kappa shape index (κ2) is 17.6. The summed E-state index contributed by atoms with van der Waals surface area (Å²) in [6.07, 6.45) is 10.2. The van der Waals surface area contributed by atoms with Crippen LogP contribution in [0.1, 0.15) is 130 Å². The SMILES string of the molecule is COc1nc(-c2c(C3CC3)c(Cl)cc3c2cnn3C2CCCCO2)c(F)c2nc(OC[C@]34CCC[C@H]3N(C(=O)OC(C)(C)C)CCC4)nc(N3CCOC[C@@](C)(O[Si](C)(C)C(C)(C)C)C3)c12. The lowest BCUT2D eigenvalue weighted by atomic mass is 9.75. The number of ether oxygens (including phenoxy) is 5. The van der Waals surface area contributed by atoms with Gasteiger partial charge in [0, 0.05) is 53.7 Å². The van der Waals surface area contributed by atoms with Gasteiger partial charge in [-0.25, -0.2) is 18.9 Å². The highest BCUT2D eigenvalue weighted by Gasteiger charge is 2.51. The van der Waals surface area contributed by atoms with Crippen LogP contribution in [0, 0.1) is 11.2 Å². The lowest BCUT2D eigenvalue weighted by molar-refractivity contribution is -0.0366. The van der Waals surface area contributed by atoms with Crippen molar-refractivity contribution in [1.82, 2.24) is 29.6 Å². The summed E-state index contributed by atoms with van der Waals surface area (Å²) in [5, 5.41) is 6.37. The van der Waals surface area contributed by atoms with E-state index < -0.39 is 25.3 Å². The van der Waals surface area contributed by atoms with Gasteiger partial charge < -0.3 is 37.9 Å². The molecule has 14 nitrogen and oxygen atoms in total. The predicted octanol–water partition coefficient (Wildman–Crippen LogP) is 11.0. The fraction of sp³-hybridized carbons (Fsp3) is 0.694. The van der Waals surface area contributed by atoms with Crippen molar-refractivity contribution >= 4 is 53.6 Å². The predicted molar refractivity (Wildman–Crippen MR) is 256 cm³/mol. The van der Waals surface area contributed by atoms with Gasteiger partial charge >= 0.3 is 12.1 Å². The van der Waals surface area contributed by atoms with Gasteiger partial charge in [-0.2, -0.15) is 15.1 Å². The quantitative estimate of drug-likeness (QED) is 0.140. The third-order valence-electron chi connectivity index (χ3n) is 14.9. The van der Waals surface area contributed by atoms with Crippen LogP contribution in [-0.2, 0) is 18.6 Å². The Morgan fingerprint density at radius 2 is 1.77 bits per heavy atom. The van der Waals surface area contributed by atoms with Crippen molar-refractivity contribution < 1.29 is 37.3 Å². The molecule has 0 bridgehead atoms. The monoisotopic (exact) mass is 949 g/mol. The number of anilines is 1. The number of halogens is 2. The van der Waals surface area contributed by atoms with Gasteiger partial charge in [-0.3, -0.25) is 0 Å². The van der Waals surface area contributed by atoms with Crippen LogP contribution >= 0.6 is 11.6 Å². The Balaban J connectivity index is 1.19. The van der Waals surface area contributed by atoms with Crippen LogP contribution in [0.4, 0.5) is 15.0 Å². The van der Waals surface area contributed by atoms with Crippen LogP contribution in [0.15, 0.2) is 12.3 Å². The second-order valence-corrected chi connectivity index (χ2v) is 27.4. The molecule has 4 atom stereocenters. The molecule has 0 N–H and O–H groups in total. The van der Waals surface area contributed by atoms with Crippen LogP contribution in [-0.4, -0.2) is 114 Å². The maximum atomic E-state index is 18.3. The number of hydrogen-bond donors (Lipinski definition) is 0. The molecule has 360 valence electrons. The van der Waals surface area contributed by atoms with E-state index >= 15 is 4.39 Å². The summed E-state index contributed by atoms with van der Waals surface area (Å²) in [4.78, 5) is 32.7. The largest absolute Gasteiger partial charge is 0.480 e. The Morgan fingerprint density at radius 3 is 2.47 bits per heavy atom. The summed E-state index contributed by atoms with van der Waals surface area (Å²) >= 11 is 7.22. The smallest absolute Gasteiger partial charge is 0.410 e. The van der Waals surface area contributed by atoms with Crippen molar-refractivity contribution in [2.24, 2.45) is 5.41 Å². The van der Waals surface area contributed by atoms with E-state index in [4.69, 9.17) is 59.8 Å². The molecule has 1 unspecified atom stereocenters. The lowest BCUT2D eigenvalue weighted by Crippen LogP contribution is -2.55. The molecule has 4 aromatic rings. The van der Waals surface area contributed by atoms with Gasteiger partial charge in [-0.1, -0.05) is 38.8 Å². The normalized spacial score (nSPS) is 25.6. The van der Waals surface area contributed by atoms with Crippen LogP contribution < -0.4 is 14.4 Å². The van der Waals surface area contributed by atoms with Gasteiger partial charge in [-0.05, 0) is 121 Å². The zero-order valence-electron chi connectivity index (χ0n) is 40.7. The molecule has 9 rings (SSSR count). The van der Waals surface area contributed by atoms with E-state index in [1.165, 1.54) is 0 Å². The number of aromatic nitrogens is 5. The molecule has 17 heteroatoms. The number of pyridine rings is 1. The first-order valence-electron chi connectivity index (χ1n) is 24.1. The Kier molecular flexibility index (Phi) is 12.6. The van der Waals surface area contributed by atoms with Crippen LogP contribution in [0.3, 0.4) is 0 Å². The van der Waals surface area contributed by atoms with E-state index in [-0.39, 0.29) is 64.4 Å². The summed E-state index contributed by atoms with van der Waals surface area (Å²) in [5.74, 6) is 0.0935. The number of fused-ring (bicyclic) bond motifs is 3. The molecular weight excluding hydrogens is 881 g/mol. The summed E-state index contributed by atoms with van der Waals surface area (Å²) < 4.78 is 58.6. The Labute approximate surface area is 394 Å². The van der Waals surface area contributed by atoms with Crippen molar-refractivity contribution in [2.75, 3.05) is 58.1 Å². The number of nitrogens with zero attached hydrogens (tertiary/aromatic N) is 7. The fourth-order valence-electron chi connectivity index (χ4n) is 10.7. The molecular formula is C49H69ClFN7O7Si. The van der Waals surface area contributed by atoms with E-state index in [9.17, 15) is 4.79 Å². The second-order valence-electron chi connectivity index (χ2n) is 22.2. The van der Waals surface area contributed by atoms with E-state index in [2.05, 4.69) is 45.7 Å². The number of carbonyl (C=O) groups is 1. The molecule has 0 radical (unpaired) electrons. The van der Waals surface area contributed by atoms with Gasteiger partial charge in [0.15, 0.2) is 20.4 Å². The number of hydrogen-bond acceptors (Lipinski definition) is 12. The molecule has 1 aromatic carbocycles. The summed E-state index contributed by atoms with van der Waals surface area (Å²) in [6.45, 7) is 22.0. The standard InChI is InChI=1S/C49H69ClFN7O7Si/c1-46(2,3)64-45(59)57-21-14-20-49(19-13-15-34(49)57)29-63-44-54-41-38(42(55-44)56-22-24-61-28-48(7,27-56)65-66(9,10)47(4,5)6)43(60-8)53-40(39(41)51)37-31-26-52-58(35-16-11-12-23-62-35)33(31)25-32(50)36(37)30-17-18-30/h25-26,30,34-35H,11-24,27-29H2,1-10H3/t34-,35?,48+,49-/m1/s1. The summed E-state index contributed by atoms with van der Waals surface area (Å²) in [7, 11) is -0.754. The minimum Gasteiger partial charge on any atom is -0.480 e. The van der Waals surface area contributed by atoms with Gasteiger partial charge in [0.05, 0.1) is 44.2 Å². The zero-order chi connectivity index (χ0) is 47.0. The number of likely N-dealkylation sites (tertiary alicyclic amines) is 1. The maximum absolute atomic E-state index is 18.3. The fourth-order valence-corrected chi connectivity index (χ4v) is 12.7. The number of amides is 1. The number of methoxy groups -OCH3 is 1. The molecule has 5 fully saturated rings. The summed E-state index contributed by atoms with van der Waals surface area (Å²) in [5.41, 5.74) is 0.570. The van der Waals surface area contributed by atoms with E-state index in [0.717, 1.165) is 80.7 Å². The molecule has 3 aliphatic heterocycles. The van der Waals surface area contributed by atoms with Crippen molar-refractivity contribution in [1.29, 1.82) is 0 Å². The van der Waals surface area contributed by atoms with Gasteiger partial charge in [0.25, 0.3) is 0 Å². The molecule has 3 saturated heterocycles. The molecule has 3 aromatic heterocycles. The first-order valence-corrected chi connectivity index (χ1v) is 27.4. The Bertz CT molecular complexity index is 2480. The van der Waals surface area contributed by atoms with Crippen molar-refractivity contribution in [3.05, 3.63) is 28.7 Å². The molecule has 2 saturated carbocycles. The average molecular weight is 951 g/mol. The Morgan fingerprint density at radius 1 is 1.00 bits per heavy atom. The van der Waals surface area contributed by atoms with Crippen molar-refractivity contribution in [3.8, 4) is 23.1 Å². The number of carbonyl (C=O) groups excluding carboxylic acids is 1. The number of piperidine rings is 1. The highest BCUT2D eigenvalue weighted by molar-refractivity contribution is 6.74. The molecule has 2 aliphatic carbocycles. The third-order valence-corrected chi connectivity index (χ3v) is 19.8. The number of benzene rings is 1. The molecule has 1 amide bonds. The number of rotatable bonds is 10. The molecule has 0 spiro atoms.